The molecule has 1 aliphatic rings. The van der Waals surface area contributed by atoms with Crippen LogP contribution in [0.25, 0.3) is 0 Å². The maximum Gasteiger partial charge on any atom is 0.224 e. The molecule has 1 fully saturated rings. The van der Waals surface area contributed by atoms with Crippen molar-refractivity contribution in [3.05, 3.63) is 71.5 Å². The van der Waals surface area contributed by atoms with Gasteiger partial charge in [0.05, 0.1) is 19.1 Å². The Morgan fingerprint density at radius 2 is 1.92 bits per heavy atom. The van der Waals surface area contributed by atoms with Crippen molar-refractivity contribution in [2.75, 3.05) is 26.2 Å². The fraction of sp³-hybridized carbons (Fsp3) is 0.350. The lowest BCUT2D eigenvalue weighted by molar-refractivity contribution is -0.121. The smallest absolute Gasteiger partial charge is 0.224 e. The number of carbonyl (C=O) groups excluding carboxylic acids is 1. The fourth-order valence-electron chi connectivity index (χ4n) is 2.99. The number of nitrogens with one attached hydrogen (secondary N) is 1. The average Bonchev–Trinajstić information content (AvgIpc) is 2.63. The number of rotatable bonds is 6. The first kappa shape index (κ1) is 17.6. The van der Waals surface area contributed by atoms with Gasteiger partial charge in [0, 0.05) is 26.2 Å². The van der Waals surface area contributed by atoms with E-state index in [-0.39, 0.29) is 24.2 Å². The molecule has 3 rings (SSSR count). The van der Waals surface area contributed by atoms with E-state index in [2.05, 4.69) is 22.3 Å². The zero-order valence-corrected chi connectivity index (χ0v) is 14.2. The van der Waals surface area contributed by atoms with Crippen molar-refractivity contribution in [3.8, 4) is 0 Å². The molecule has 1 N–H and O–H groups in total. The highest BCUT2D eigenvalue weighted by molar-refractivity contribution is 5.78. The van der Waals surface area contributed by atoms with E-state index in [1.807, 2.05) is 18.2 Å². The third-order valence-electron chi connectivity index (χ3n) is 4.31. The molecule has 0 saturated carbocycles. The Morgan fingerprint density at radius 1 is 1.16 bits per heavy atom. The third-order valence-corrected chi connectivity index (χ3v) is 4.31. The number of halogens is 1. The summed E-state index contributed by atoms with van der Waals surface area (Å²) >= 11 is 0. The van der Waals surface area contributed by atoms with Gasteiger partial charge < -0.3 is 10.1 Å². The summed E-state index contributed by atoms with van der Waals surface area (Å²) in [5.74, 6) is -0.533. The molecule has 1 atom stereocenters. The minimum Gasteiger partial charge on any atom is -0.374 e. The number of ether oxygens (including phenoxy) is 1. The molecule has 5 heteroatoms. The lowest BCUT2D eigenvalue weighted by Crippen LogP contribution is -2.47. The van der Waals surface area contributed by atoms with Crippen LogP contribution in [0, 0.1) is 5.82 Å². The van der Waals surface area contributed by atoms with Crippen LogP contribution in [-0.4, -0.2) is 43.2 Å². The highest BCUT2D eigenvalue weighted by atomic mass is 19.1. The van der Waals surface area contributed by atoms with E-state index in [1.54, 1.807) is 18.2 Å². The van der Waals surface area contributed by atoms with Crippen molar-refractivity contribution in [2.24, 2.45) is 0 Å². The summed E-state index contributed by atoms with van der Waals surface area (Å²) in [6, 6.07) is 16.7. The van der Waals surface area contributed by atoms with E-state index in [4.69, 9.17) is 4.74 Å². The summed E-state index contributed by atoms with van der Waals surface area (Å²) in [6.07, 6.45) is 0.00895. The molecule has 132 valence electrons. The first-order valence-electron chi connectivity index (χ1n) is 8.58. The van der Waals surface area contributed by atoms with Crippen molar-refractivity contribution < 1.29 is 13.9 Å². The second-order valence-electron chi connectivity index (χ2n) is 6.29. The molecule has 0 radical (unpaired) electrons. The predicted octanol–water partition coefficient (Wildman–Crippen LogP) is 2.39. The zero-order chi connectivity index (χ0) is 17.5. The van der Waals surface area contributed by atoms with Crippen molar-refractivity contribution in [1.29, 1.82) is 0 Å². The largest absolute Gasteiger partial charge is 0.374 e. The molecule has 2 aromatic rings. The van der Waals surface area contributed by atoms with E-state index in [0.717, 1.165) is 19.6 Å². The number of morpholine rings is 1. The Morgan fingerprint density at radius 3 is 2.72 bits per heavy atom. The van der Waals surface area contributed by atoms with Gasteiger partial charge in [0.1, 0.15) is 5.82 Å². The minimum absolute atomic E-state index is 0.0398. The Labute approximate surface area is 147 Å². The van der Waals surface area contributed by atoms with Crippen molar-refractivity contribution in [2.45, 2.75) is 19.1 Å². The van der Waals surface area contributed by atoms with Crippen LogP contribution in [0.2, 0.25) is 0 Å². The van der Waals surface area contributed by atoms with Crippen LogP contribution in [0.15, 0.2) is 54.6 Å². The Hall–Kier alpha value is -2.24. The van der Waals surface area contributed by atoms with Crippen molar-refractivity contribution in [3.63, 3.8) is 0 Å². The topological polar surface area (TPSA) is 41.6 Å². The van der Waals surface area contributed by atoms with Gasteiger partial charge in [-0.25, -0.2) is 4.39 Å². The molecule has 2 aromatic carbocycles. The van der Waals surface area contributed by atoms with E-state index < -0.39 is 0 Å². The van der Waals surface area contributed by atoms with Gasteiger partial charge in [-0.1, -0.05) is 48.5 Å². The average molecular weight is 342 g/mol. The molecule has 0 aliphatic carbocycles. The first-order valence-corrected chi connectivity index (χ1v) is 8.58. The van der Waals surface area contributed by atoms with Crippen LogP contribution in [0.3, 0.4) is 0 Å². The maximum absolute atomic E-state index is 13.6. The molecule has 4 nitrogen and oxygen atoms in total. The highest BCUT2D eigenvalue weighted by Gasteiger charge is 2.21. The lowest BCUT2D eigenvalue weighted by atomic mass is 10.1. The van der Waals surface area contributed by atoms with Crippen LogP contribution >= 0.6 is 0 Å². The van der Waals surface area contributed by atoms with E-state index in [0.29, 0.717) is 18.7 Å². The maximum atomic E-state index is 13.6. The van der Waals surface area contributed by atoms with Crippen LogP contribution in [0.5, 0.6) is 0 Å². The number of hydrogen-bond donors (Lipinski definition) is 1. The summed E-state index contributed by atoms with van der Waals surface area (Å²) in [4.78, 5) is 14.4. The van der Waals surface area contributed by atoms with Gasteiger partial charge >= 0.3 is 0 Å². The lowest BCUT2D eigenvalue weighted by Gasteiger charge is -2.33. The standard InChI is InChI=1S/C20H23FN2O2/c21-19-9-5-4-8-17(19)12-20(24)22-13-18-15-23(10-11-25-18)14-16-6-2-1-3-7-16/h1-9,18H,10-15H2,(H,22,24). The van der Waals surface area contributed by atoms with Gasteiger partial charge in [-0.3, -0.25) is 9.69 Å². The molecule has 0 spiro atoms. The van der Waals surface area contributed by atoms with Gasteiger partial charge in [-0.05, 0) is 17.2 Å². The second kappa shape index (κ2) is 8.74. The minimum atomic E-state index is -0.347. The number of nitrogens with zero attached hydrogens (tertiary/aromatic N) is 1. The van der Waals surface area contributed by atoms with Gasteiger partial charge in [0.15, 0.2) is 0 Å². The molecule has 1 amide bonds. The van der Waals surface area contributed by atoms with E-state index in [1.165, 1.54) is 11.6 Å². The van der Waals surface area contributed by atoms with Gasteiger partial charge in [0.2, 0.25) is 5.91 Å². The fourth-order valence-corrected chi connectivity index (χ4v) is 2.99. The number of benzene rings is 2. The van der Waals surface area contributed by atoms with Crippen molar-refractivity contribution >= 4 is 5.91 Å². The summed E-state index contributed by atoms with van der Waals surface area (Å²) in [7, 11) is 0. The summed E-state index contributed by atoms with van der Waals surface area (Å²) in [6.45, 7) is 3.63. The van der Waals surface area contributed by atoms with Crippen LogP contribution < -0.4 is 5.32 Å². The number of amides is 1. The van der Waals surface area contributed by atoms with Gasteiger partial charge in [0.25, 0.3) is 0 Å². The molecule has 1 saturated heterocycles. The monoisotopic (exact) mass is 342 g/mol. The quantitative estimate of drug-likeness (QED) is 0.876. The first-order chi connectivity index (χ1) is 12.2. The third kappa shape index (κ3) is 5.37. The highest BCUT2D eigenvalue weighted by Crippen LogP contribution is 2.10. The van der Waals surface area contributed by atoms with Crippen LogP contribution in [0.4, 0.5) is 4.39 Å². The normalized spacial score (nSPS) is 18.0. The molecule has 1 unspecified atom stereocenters. The van der Waals surface area contributed by atoms with Gasteiger partial charge in [-0.15, -0.1) is 0 Å². The molecule has 0 aromatic heterocycles. The van der Waals surface area contributed by atoms with E-state index in [9.17, 15) is 9.18 Å². The van der Waals surface area contributed by atoms with E-state index >= 15 is 0 Å². The molecule has 0 bridgehead atoms. The number of carbonyl (C=O) groups is 1. The zero-order valence-electron chi connectivity index (χ0n) is 14.2. The summed E-state index contributed by atoms with van der Waals surface area (Å²) < 4.78 is 19.3. The SMILES string of the molecule is O=C(Cc1ccccc1F)NCC1CN(Cc2ccccc2)CCO1. The van der Waals surface area contributed by atoms with Crippen LogP contribution in [0.1, 0.15) is 11.1 Å². The Bertz CT molecular complexity index is 693. The molecule has 1 aliphatic heterocycles. The Balaban J connectivity index is 1.45. The number of hydrogen-bond acceptors (Lipinski definition) is 3. The predicted molar refractivity (Wildman–Crippen MR) is 94.6 cm³/mol. The summed E-state index contributed by atoms with van der Waals surface area (Å²) in [5.41, 5.74) is 1.68. The van der Waals surface area contributed by atoms with Crippen LogP contribution in [-0.2, 0) is 22.5 Å². The molecule has 1 heterocycles. The van der Waals surface area contributed by atoms with Gasteiger partial charge in [-0.2, -0.15) is 0 Å². The van der Waals surface area contributed by atoms with Crippen molar-refractivity contribution in [1.82, 2.24) is 10.2 Å². The molecular weight excluding hydrogens is 319 g/mol. The summed E-state index contributed by atoms with van der Waals surface area (Å²) in [5, 5.41) is 2.86. The second-order valence-corrected chi connectivity index (χ2v) is 6.29. The Kier molecular flexibility index (Phi) is 6.14. The molecular formula is C20H23FN2O2. The molecule has 25 heavy (non-hydrogen) atoms.